The first-order valence-electron chi connectivity index (χ1n) is 8.69. The Morgan fingerprint density at radius 1 is 1.12 bits per heavy atom. The number of carboxylic acid groups (broad SMARTS) is 1. The molecule has 2 fully saturated rings. The van der Waals surface area contributed by atoms with E-state index in [9.17, 15) is 14.4 Å². The maximum atomic E-state index is 12.6. The molecule has 2 heterocycles. The molecule has 1 aliphatic carbocycles. The zero-order valence-corrected chi connectivity index (χ0v) is 14.1. The number of rotatable bonds is 4. The molecule has 0 radical (unpaired) electrons. The van der Waals surface area contributed by atoms with Gasteiger partial charge < -0.3 is 10.0 Å². The van der Waals surface area contributed by atoms with E-state index in [1.165, 1.54) is 10.7 Å². The molecule has 26 heavy (non-hydrogen) atoms. The number of carbonyl (C=O) groups excluding carboxylic acids is 1. The van der Waals surface area contributed by atoms with E-state index in [4.69, 9.17) is 5.11 Å². The molecule has 0 unspecified atom stereocenters. The van der Waals surface area contributed by atoms with Crippen molar-refractivity contribution in [1.82, 2.24) is 14.7 Å². The van der Waals surface area contributed by atoms with Gasteiger partial charge in [-0.25, -0.2) is 4.68 Å². The molecule has 1 aromatic heterocycles. The average molecular weight is 353 g/mol. The van der Waals surface area contributed by atoms with Gasteiger partial charge in [-0.3, -0.25) is 14.4 Å². The van der Waals surface area contributed by atoms with Crippen molar-refractivity contribution < 1.29 is 14.7 Å². The SMILES string of the molecule is O=C(O)[C@@H]1[C@@H]2CCN(C(=O)Cn3nc(-c4ccccc4)ccc3=O)C[C@@H]21. The summed E-state index contributed by atoms with van der Waals surface area (Å²) in [7, 11) is 0. The van der Waals surface area contributed by atoms with Crippen LogP contribution in [0.5, 0.6) is 0 Å². The molecule has 7 nitrogen and oxygen atoms in total. The molecule has 7 heteroatoms. The van der Waals surface area contributed by atoms with Gasteiger partial charge in [-0.2, -0.15) is 5.10 Å². The Hall–Kier alpha value is -2.96. The lowest BCUT2D eigenvalue weighted by Crippen LogP contribution is -2.41. The van der Waals surface area contributed by atoms with E-state index in [1.807, 2.05) is 30.3 Å². The predicted molar refractivity (Wildman–Crippen MR) is 93.2 cm³/mol. The van der Waals surface area contributed by atoms with E-state index in [0.717, 1.165) is 5.56 Å². The number of piperidine rings is 1. The highest BCUT2D eigenvalue weighted by Gasteiger charge is 2.57. The molecule has 1 saturated heterocycles. The fraction of sp³-hybridized carbons (Fsp3) is 0.368. The van der Waals surface area contributed by atoms with Crippen LogP contribution in [0.15, 0.2) is 47.3 Å². The van der Waals surface area contributed by atoms with Crippen molar-refractivity contribution in [3.63, 3.8) is 0 Å². The highest BCUT2D eigenvalue weighted by molar-refractivity contribution is 5.78. The van der Waals surface area contributed by atoms with Crippen LogP contribution in [-0.4, -0.2) is 44.8 Å². The van der Waals surface area contributed by atoms with Crippen LogP contribution in [0, 0.1) is 17.8 Å². The van der Waals surface area contributed by atoms with Crippen LogP contribution in [0.1, 0.15) is 6.42 Å². The number of benzene rings is 1. The maximum absolute atomic E-state index is 12.6. The van der Waals surface area contributed by atoms with E-state index in [2.05, 4.69) is 5.10 Å². The number of likely N-dealkylation sites (tertiary alicyclic amines) is 1. The number of carbonyl (C=O) groups is 2. The van der Waals surface area contributed by atoms with Crippen molar-refractivity contribution >= 4 is 11.9 Å². The number of nitrogens with zero attached hydrogens (tertiary/aromatic N) is 3. The highest BCUT2D eigenvalue weighted by Crippen LogP contribution is 2.51. The summed E-state index contributed by atoms with van der Waals surface area (Å²) in [6.45, 7) is 0.860. The predicted octanol–water partition coefficient (Wildman–Crippen LogP) is 1.09. The first-order chi connectivity index (χ1) is 12.5. The Kier molecular flexibility index (Phi) is 4.06. The Bertz CT molecular complexity index is 909. The number of amides is 1. The van der Waals surface area contributed by atoms with E-state index in [-0.39, 0.29) is 35.8 Å². The molecule has 0 bridgehead atoms. The first-order valence-corrected chi connectivity index (χ1v) is 8.69. The second kappa shape index (κ2) is 6.40. The van der Waals surface area contributed by atoms with Gasteiger partial charge in [-0.1, -0.05) is 30.3 Å². The summed E-state index contributed by atoms with van der Waals surface area (Å²) in [6.07, 6.45) is 0.708. The fourth-order valence-corrected chi connectivity index (χ4v) is 3.88. The monoisotopic (exact) mass is 353 g/mol. The lowest BCUT2D eigenvalue weighted by Gasteiger charge is -2.26. The van der Waals surface area contributed by atoms with Crippen LogP contribution in [0.4, 0.5) is 0 Å². The van der Waals surface area contributed by atoms with Gasteiger partial charge in [0, 0.05) is 24.7 Å². The molecule has 1 aromatic carbocycles. The van der Waals surface area contributed by atoms with E-state index >= 15 is 0 Å². The molecule has 1 amide bonds. The normalized spacial score (nSPS) is 24.0. The number of fused-ring (bicyclic) bond motifs is 1. The van der Waals surface area contributed by atoms with Crippen molar-refractivity contribution in [3.8, 4) is 11.3 Å². The average Bonchev–Trinajstić information content (AvgIpc) is 3.38. The van der Waals surface area contributed by atoms with Crippen molar-refractivity contribution in [2.75, 3.05) is 13.1 Å². The summed E-state index contributed by atoms with van der Waals surface area (Å²) >= 11 is 0. The van der Waals surface area contributed by atoms with Crippen molar-refractivity contribution in [3.05, 3.63) is 52.8 Å². The summed E-state index contributed by atoms with van der Waals surface area (Å²) in [5.74, 6) is -1.05. The minimum atomic E-state index is -0.775. The minimum Gasteiger partial charge on any atom is -0.481 e. The Morgan fingerprint density at radius 3 is 2.62 bits per heavy atom. The number of hydrogen-bond acceptors (Lipinski definition) is 4. The molecule has 1 N–H and O–H groups in total. The zero-order chi connectivity index (χ0) is 18.3. The largest absolute Gasteiger partial charge is 0.481 e. The van der Waals surface area contributed by atoms with Crippen LogP contribution in [0.25, 0.3) is 11.3 Å². The molecule has 3 atom stereocenters. The molecule has 0 spiro atoms. The quantitative estimate of drug-likeness (QED) is 0.888. The topological polar surface area (TPSA) is 92.5 Å². The lowest BCUT2D eigenvalue weighted by molar-refractivity contribution is -0.139. The zero-order valence-electron chi connectivity index (χ0n) is 14.1. The van der Waals surface area contributed by atoms with Crippen molar-refractivity contribution in [2.24, 2.45) is 17.8 Å². The summed E-state index contributed by atoms with van der Waals surface area (Å²) in [4.78, 5) is 37.5. The number of carboxylic acids is 1. The van der Waals surface area contributed by atoms with Gasteiger partial charge in [0.25, 0.3) is 5.56 Å². The van der Waals surface area contributed by atoms with Crippen LogP contribution < -0.4 is 5.56 Å². The van der Waals surface area contributed by atoms with Gasteiger partial charge in [0.1, 0.15) is 6.54 Å². The standard InChI is InChI=1S/C19H19N3O4/c23-16-7-6-15(12-4-2-1-3-5-12)20-22(16)11-17(24)21-9-8-13-14(10-21)18(13)19(25)26/h1-7,13-14,18H,8-11H2,(H,25,26)/t13-,14+,18-/m1/s1. The van der Waals surface area contributed by atoms with E-state index in [0.29, 0.717) is 25.2 Å². The van der Waals surface area contributed by atoms with Gasteiger partial charge in [-0.05, 0) is 24.3 Å². The molecule has 1 saturated carbocycles. The first kappa shape index (κ1) is 16.5. The number of hydrogen-bond donors (Lipinski definition) is 1. The molecular weight excluding hydrogens is 334 g/mol. The molecular formula is C19H19N3O4. The smallest absolute Gasteiger partial charge is 0.307 e. The number of aromatic nitrogens is 2. The summed E-state index contributed by atoms with van der Waals surface area (Å²) < 4.78 is 1.18. The molecule has 2 aliphatic rings. The summed E-state index contributed by atoms with van der Waals surface area (Å²) in [5, 5.41) is 13.5. The van der Waals surface area contributed by atoms with Gasteiger partial charge in [0.05, 0.1) is 11.6 Å². The third-order valence-electron chi connectivity index (χ3n) is 5.35. The van der Waals surface area contributed by atoms with E-state index in [1.54, 1.807) is 11.0 Å². The molecule has 4 rings (SSSR count). The van der Waals surface area contributed by atoms with Gasteiger partial charge >= 0.3 is 5.97 Å². The van der Waals surface area contributed by atoms with Crippen LogP contribution in [-0.2, 0) is 16.1 Å². The Morgan fingerprint density at radius 2 is 1.88 bits per heavy atom. The summed E-state index contributed by atoms with van der Waals surface area (Å²) in [5.41, 5.74) is 1.17. The molecule has 2 aromatic rings. The second-order valence-electron chi connectivity index (χ2n) is 6.90. The minimum absolute atomic E-state index is 0.0468. The van der Waals surface area contributed by atoms with E-state index < -0.39 is 5.97 Å². The Labute approximate surface area is 149 Å². The summed E-state index contributed by atoms with van der Waals surface area (Å²) in [6, 6.07) is 12.5. The second-order valence-corrected chi connectivity index (χ2v) is 6.90. The van der Waals surface area contributed by atoms with Crippen LogP contribution >= 0.6 is 0 Å². The van der Waals surface area contributed by atoms with Gasteiger partial charge in [0.2, 0.25) is 5.91 Å². The third-order valence-corrected chi connectivity index (χ3v) is 5.35. The molecule has 1 aliphatic heterocycles. The van der Waals surface area contributed by atoms with Gasteiger partial charge in [-0.15, -0.1) is 0 Å². The van der Waals surface area contributed by atoms with Gasteiger partial charge in [0.15, 0.2) is 0 Å². The van der Waals surface area contributed by atoms with Crippen LogP contribution in [0.2, 0.25) is 0 Å². The Balaban J connectivity index is 1.48. The number of aliphatic carboxylic acids is 1. The highest BCUT2D eigenvalue weighted by atomic mass is 16.4. The van der Waals surface area contributed by atoms with Crippen LogP contribution in [0.3, 0.4) is 0 Å². The molecule has 134 valence electrons. The van der Waals surface area contributed by atoms with Crippen molar-refractivity contribution in [2.45, 2.75) is 13.0 Å². The fourth-order valence-electron chi connectivity index (χ4n) is 3.88. The third kappa shape index (κ3) is 3.00. The maximum Gasteiger partial charge on any atom is 0.307 e. The van der Waals surface area contributed by atoms with Crippen molar-refractivity contribution in [1.29, 1.82) is 0 Å². The lowest BCUT2D eigenvalue weighted by atomic mass is 10.1.